The molecule has 1 aromatic heterocycles. The maximum absolute atomic E-state index is 11.9. The Morgan fingerprint density at radius 1 is 1.41 bits per heavy atom. The van der Waals surface area contributed by atoms with Gasteiger partial charge in [-0.05, 0) is 32.2 Å². The second kappa shape index (κ2) is 7.07. The predicted molar refractivity (Wildman–Crippen MR) is 80.3 cm³/mol. The summed E-state index contributed by atoms with van der Waals surface area (Å²) in [5, 5.41) is 14.2. The van der Waals surface area contributed by atoms with E-state index < -0.39 is 40.3 Å². The van der Waals surface area contributed by atoms with Crippen molar-refractivity contribution in [3.8, 4) is 0 Å². The molecule has 8 nitrogen and oxygen atoms in total. The van der Waals surface area contributed by atoms with Gasteiger partial charge in [0, 0.05) is 11.9 Å². The molecule has 1 unspecified atom stereocenters. The summed E-state index contributed by atoms with van der Waals surface area (Å²) < 4.78 is 30.9. The fourth-order valence-electron chi connectivity index (χ4n) is 1.33. The Hall–Kier alpha value is -1.65. The van der Waals surface area contributed by atoms with Gasteiger partial charge in [-0.25, -0.2) is 22.7 Å². The Bertz CT molecular complexity index is 619. The molecule has 0 aromatic carbocycles. The Morgan fingerprint density at radius 2 is 2.05 bits per heavy atom. The minimum Gasteiger partial charge on any atom is -0.480 e. The average molecular weight is 350 g/mol. The number of amides is 1. The molecule has 1 atom stereocenters. The van der Waals surface area contributed by atoms with Gasteiger partial charge in [-0.1, -0.05) is 0 Å². The molecule has 0 spiro atoms. The van der Waals surface area contributed by atoms with Crippen LogP contribution in [0.5, 0.6) is 0 Å². The quantitative estimate of drug-likeness (QED) is 0.704. The molecule has 3 N–H and O–H groups in total. The minimum absolute atomic E-state index is 0.0407. The summed E-state index contributed by atoms with van der Waals surface area (Å²) in [6.07, 6.45) is -0.936. The maximum Gasteiger partial charge on any atom is 0.408 e. The van der Waals surface area contributed by atoms with E-state index >= 15 is 0 Å². The number of sulfonamides is 1. The fraction of sp³-hybridized carbons (Fsp3) is 0.500. The highest BCUT2D eigenvalue weighted by Gasteiger charge is 2.26. The zero-order valence-corrected chi connectivity index (χ0v) is 14.0. The van der Waals surface area contributed by atoms with E-state index in [1.165, 1.54) is 22.8 Å². The Kier molecular flexibility index (Phi) is 5.92. The average Bonchev–Trinajstić information content (AvgIpc) is 2.86. The summed E-state index contributed by atoms with van der Waals surface area (Å²) in [5.41, 5.74) is -0.788. The van der Waals surface area contributed by atoms with E-state index in [0.717, 1.165) is 0 Å². The number of ether oxygens (including phenoxy) is 1. The summed E-state index contributed by atoms with van der Waals surface area (Å²) in [7, 11) is -3.81. The lowest BCUT2D eigenvalue weighted by atomic mass is 10.2. The van der Waals surface area contributed by atoms with Gasteiger partial charge in [-0.2, -0.15) is 11.3 Å². The summed E-state index contributed by atoms with van der Waals surface area (Å²) >= 11 is 1.20. The van der Waals surface area contributed by atoms with Crippen LogP contribution in [0.15, 0.2) is 21.7 Å². The molecule has 10 heteroatoms. The number of hydrogen-bond acceptors (Lipinski definition) is 6. The third kappa shape index (κ3) is 6.00. The van der Waals surface area contributed by atoms with Crippen LogP contribution in [0.2, 0.25) is 0 Å². The number of carbonyl (C=O) groups is 2. The largest absolute Gasteiger partial charge is 0.480 e. The van der Waals surface area contributed by atoms with Gasteiger partial charge >= 0.3 is 12.1 Å². The van der Waals surface area contributed by atoms with Gasteiger partial charge in [0.15, 0.2) is 0 Å². The summed E-state index contributed by atoms with van der Waals surface area (Å²) in [5.74, 6) is -1.38. The van der Waals surface area contributed by atoms with E-state index in [1.807, 2.05) is 0 Å². The van der Waals surface area contributed by atoms with Gasteiger partial charge in [0.1, 0.15) is 11.6 Å². The lowest BCUT2D eigenvalue weighted by Gasteiger charge is -2.22. The van der Waals surface area contributed by atoms with Gasteiger partial charge in [-0.3, -0.25) is 0 Å². The third-order valence-electron chi connectivity index (χ3n) is 2.27. The molecule has 1 rings (SSSR count). The first-order chi connectivity index (χ1) is 10.0. The number of nitrogens with one attached hydrogen (secondary N) is 2. The van der Waals surface area contributed by atoms with Gasteiger partial charge < -0.3 is 15.2 Å². The maximum atomic E-state index is 11.9. The highest BCUT2D eigenvalue weighted by atomic mass is 32.2. The molecule has 1 aromatic rings. The second-order valence-corrected chi connectivity index (χ2v) is 7.89. The molecule has 0 saturated heterocycles. The molecule has 1 amide bonds. The van der Waals surface area contributed by atoms with Crippen molar-refractivity contribution < 1.29 is 27.9 Å². The highest BCUT2D eigenvalue weighted by Crippen LogP contribution is 2.12. The van der Waals surface area contributed by atoms with Crippen LogP contribution >= 0.6 is 11.3 Å². The molecule has 0 bridgehead atoms. The second-order valence-electron chi connectivity index (χ2n) is 5.35. The minimum atomic E-state index is -3.81. The SMILES string of the molecule is CC(C)(C)OC(=O)NC(CNS(=O)(=O)c1ccsc1)C(=O)O. The molecule has 0 saturated carbocycles. The standard InChI is InChI=1S/C12H18N2O6S2/c1-12(2,3)20-11(17)14-9(10(15)16)6-13-22(18,19)8-4-5-21-7-8/h4-5,7,9,13H,6H2,1-3H3,(H,14,17)(H,15,16). The third-order valence-corrected chi connectivity index (χ3v) is 4.53. The van der Waals surface area contributed by atoms with Crippen molar-refractivity contribution in [1.82, 2.24) is 10.0 Å². The Labute approximate surface area is 132 Å². The van der Waals surface area contributed by atoms with E-state index in [0.29, 0.717) is 0 Å². The van der Waals surface area contributed by atoms with Crippen LogP contribution in [0, 0.1) is 0 Å². The fourth-order valence-corrected chi connectivity index (χ4v) is 3.41. The van der Waals surface area contributed by atoms with Gasteiger partial charge in [0.2, 0.25) is 10.0 Å². The van der Waals surface area contributed by atoms with E-state index in [2.05, 4.69) is 10.0 Å². The van der Waals surface area contributed by atoms with Crippen molar-refractivity contribution >= 4 is 33.4 Å². The van der Waals surface area contributed by atoms with Crippen molar-refractivity contribution in [1.29, 1.82) is 0 Å². The topological polar surface area (TPSA) is 122 Å². The van der Waals surface area contributed by atoms with E-state index in [1.54, 1.807) is 26.2 Å². The van der Waals surface area contributed by atoms with E-state index in [9.17, 15) is 18.0 Å². The molecule has 0 aliphatic rings. The molecule has 124 valence electrons. The summed E-state index contributed by atoms with van der Waals surface area (Å²) in [6, 6.07) is -0.0485. The van der Waals surface area contributed by atoms with Crippen LogP contribution < -0.4 is 10.0 Å². The molecule has 22 heavy (non-hydrogen) atoms. The van der Waals surface area contributed by atoms with E-state index in [-0.39, 0.29) is 4.90 Å². The Balaban J connectivity index is 2.66. The van der Waals surface area contributed by atoms with Crippen molar-refractivity contribution in [2.24, 2.45) is 0 Å². The lowest BCUT2D eigenvalue weighted by molar-refractivity contribution is -0.139. The molecule has 0 radical (unpaired) electrons. The van der Waals surface area contributed by atoms with Crippen LogP contribution in [-0.4, -0.2) is 43.8 Å². The van der Waals surface area contributed by atoms with Gasteiger partial charge in [0.05, 0.1) is 4.90 Å². The molecule has 0 aliphatic carbocycles. The zero-order chi connectivity index (χ0) is 17.0. The van der Waals surface area contributed by atoms with Gasteiger partial charge in [-0.15, -0.1) is 0 Å². The lowest BCUT2D eigenvalue weighted by Crippen LogP contribution is -2.49. The van der Waals surface area contributed by atoms with Crippen LogP contribution in [0.25, 0.3) is 0 Å². The first-order valence-electron chi connectivity index (χ1n) is 6.25. The number of thiophene rings is 1. The Morgan fingerprint density at radius 3 is 2.50 bits per heavy atom. The van der Waals surface area contributed by atoms with Crippen molar-refractivity contribution in [3.05, 3.63) is 16.8 Å². The summed E-state index contributed by atoms with van der Waals surface area (Å²) in [4.78, 5) is 22.7. The number of carboxylic acids is 1. The smallest absolute Gasteiger partial charge is 0.408 e. The number of hydrogen-bond donors (Lipinski definition) is 3. The van der Waals surface area contributed by atoms with Gasteiger partial charge in [0.25, 0.3) is 0 Å². The number of carboxylic acid groups (broad SMARTS) is 1. The van der Waals surface area contributed by atoms with Crippen LogP contribution in [0.3, 0.4) is 0 Å². The van der Waals surface area contributed by atoms with Crippen molar-refractivity contribution in [2.75, 3.05) is 6.54 Å². The zero-order valence-electron chi connectivity index (χ0n) is 12.3. The van der Waals surface area contributed by atoms with Crippen LogP contribution in [0.4, 0.5) is 4.79 Å². The molecular weight excluding hydrogens is 332 g/mol. The number of aliphatic carboxylic acids is 1. The highest BCUT2D eigenvalue weighted by molar-refractivity contribution is 7.89. The van der Waals surface area contributed by atoms with E-state index in [4.69, 9.17) is 9.84 Å². The number of carbonyl (C=O) groups excluding carboxylic acids is 1. The van der Waals surface area contributed by atoms with Crippen LogP contribution in [0.1, 0.15) is 20.8 Å². The first-order valence-corrected chi connectivity index (χ1v) is 8.68. The van der Waals surface area contributed by atoms with Crippen LogP contribution in [-0.2, 0) is 19.6 Å². The number of alkyl carbamates (subject to hydrolysis) is 1. The first kappa shape index (κ1) is 18.4. The monoisotopic (exact) mass is 350 g/mol. The molecular formula is C12H18N2O6S2. The number of rotatable bonds is 6. The summed E-state index contributed by atoms with van der Waals surface area (Å²) in [6.45, 7) is 4.39. The van der Waals surface area contributed by atoms with Crippen molar-refractivity contribution in [3.63, 3.8) is 0 Å². The molecule has 1 heterocycles. The predicted octanol–water partition coefficient (Wildman–Crippen LogP) is 1.00. The normalized spacial score (nSPS) is 13.4. The molecule has 0 aliphatic heterocycles. The van der Waals surface area contributed by atoms with Crippen molar-refractivity contribution in [2.45, 2.75) is 37.3 Å². The molecule has 0 fully saturated rings.